The van der Waals surface area contributed by atoms with Gasteiger partial charge in [0.25, 0.3) is 5.91 Å². The SMILES string of the molecule is CNC(=O)c1cc(N2CCc3cc(NC(=O)Nc4cccc(C(F)(F)F)c4)ccc32)ccn1. The van der Waals surface area contributed by atoms with Gasteiger partial charge in [-0.1, -0.05) is 6.07 Å². The van der Waals surface area contributed by atoms with Crippen molar-refractivity contribution in [3.05, 3.63) is 77.6 Å². The minimum Gasteiger partial charge on any atom is -0.354 e. The molecule has 1 aromatic heterocycles. The van der Waals surface area contributed by atoms with Crippen molar-refractivity contribution in [1.29, 1.82) is 0 Å². The number of alkyl halides is 3. The minimum absolute atomic E-state index is 0.0410. The van der Waals surface area contributed by atoms with Crippen LogP contribution in [0, 0.1) is 0 Å². The summed E-state index contributed by atoms with van der Waals surface area (Å²) in [5.74, 6) is -0.275. The van der Waals surface area contributed by atoms with Gasteiger partial charge in [0.15, 0.2) is 0 Å². The lowest BCUT2D eigenvalue weighted by molar-refractivity contribution is -0.137. The predicted octanol–water partition coefficient (Wildman–Crippen LogP) is 4.80. The maximum absolute atomic E-state index is 12.9. The summed E-state index contributed by atoms with van der Waals surface area (Å²) in [5, 5.41) is 7.62. The molecular weight excluding hydrogens is 435 g/mol. The van der Waals surface area contributed by atoms with Gasteiger partial charge in [0.1, 0.15) is 5.69 Å². The maximum atomic E-state index is 12.9. The molecule has 1 aliphatic rings. The van der Waals surface area contributed by atoms with E-state index in [0.29, 0.717) is 17.9 Å². The third-order valence-corrected chi connectivity index (χ3v) is 5.20. The van der Waals surface area contributed by atoms with E-state index >= 15 is 0 Å². The summed E-state index contributed by atoms with van der Waals surface area (Å²) in [6.07, 6.45) is -2.19. The van der Waals surface area contributed by atoms with Crippen LogP contribution in [0.4, 0.5) is 40.7 Å². The maximum Gasteiger partial charge on any atom is 0.416 e. The second-order valence-electron chi connectivity index (χ2n) is 7.38. The van der Waals surface area contributed by atoms with Gasteiger partial charge < -0.3 is 20.9 Å². The highest BCUT2D eigenvalue weighted by molar-refractivity contribution is 6.00. The van der Waals surface area contributed by atoms with Crippen molar-refractivity contribution in [1.82, 2.24) is 10.3 Å². The van der Waals surface area contributed by atoms with Gasteiger partial charge in [0.05, 0.1) is 5.56 Å². The molecule has 170 valence electrons. The molecule has 7 nitrogen and oxygen atoms in total. The number of carbonyl (C=O) groups is 2. The van der Waals surface area contributed by atoms with Gasteiger partial charge in [-0.2, -0.15) is 13.2 Å². The largest absolute Gasteiger partial charge is 0.416 e. The lowest BCUT2D eigenvalue weighted by Gasteiger charge is -2.20. The van der Waals surface area contributed by atoms with Crippen LogP contribution >= 0.6 is 0 Å². The number of amides is 3. The topological polar surface area (TPSA) is 86.4 Å². The molecule has 0 radical (unpaired) electrons. The summed E-state index contributed by atoms with van der Waals surface area (Å²) in [6, 6.07) is 12.7. The molecule has 0 atom stereocenters. The number of fused-ring (bicyclic) bond motifs is 1. The van der Waals surface area contributed by atoms with Crippen LogP contribution in [0.25, 0.3) is 0 Å². The zero-order valence-electron chi connectivity index (χ0n) is 17.5. The molecule has 0 fully saturated rings. The number of hydrogen-bond donors (Lipinski definition) is 3. The first-order valence-electron chi connectivity index (χ1n) is 10.1. The lowest BCUT2D eigenvalue weighted by Crippen LogP contribution is -2.20. The number of pyridine rings is 1. The van der Waals surface area contributed by atoms with Crippen LogP contribution in [0.15, 0.2) is 60.8 Å². The van der Waals surface area contributed by atoms with Crippen molar-refractivity contribution in [2.24, 2.45) is 0 Å². The molecule has 0 aliphatic carbocycles. The van der Waals surface area contributed by atoms with Crippen LogP contribution in [-0.4, -0.2) is 30.5 Å². The molecule has 3 aromatic rings. The van der Waals surface area contributed by atoms with Crippen LogP contribution in [0.3, 0.4) is 0 Å². The summed E-state index contributed by atoms with van der Waals surface area (Å²) in [5.41, 5.74) is 2.78. The van der Waals surface area contributed by atoms with Gasteiger partial charge >= 0.3 is 12.2 Å². The van der Waals surface area contributed by atoms with Crippen LogP contribution in [0.1, 0.15) is 21.6 Å². The number of halogens is 3. The number of carbonyl (C=O) groups excluding carboxylic acids is 2. The zero-order valence-corrected chi connectivity index (χ0v) is 17.5. The van der Waals surface area contributed by atoms with Gasteiger partial charge in [-0.3, -0.25) is 9.78 Å². The van der Waals surface area contributed by atoms with E-state index in [1.54, 1.807) is 25.4 Å². The van der Waals surface area contributed by atoms with E-state index in [1.807, 2.05) is 18.2 Å². The van der Waals surface area contributed by atoms with Crippen molar-refractivity contribution in [3.63, 3.8) is 0 Å². The third kappa shape index (κ3) is 4.89. The standard InChI is InChI=1S/C23H20F3N5O2/c1-27-21(32)19-13-18(7-9-28-19)31-10-8-14-11-17(5-6-20(14)31)30-22(33)29-16-4-2-3-15(12-16)23(24,25)26/h2-7,9,11-13H,8,10H2,1H3,(H,27,32)(H2,29,30,33). The van der Waals surface area contributed by atoms with Gasteiger partial charge in [-0.15, -0.1) is 0 Å². The number of anilines is 4. The molecule has 33 heavy (non-hydrogen) atoms. The number of benzene rings is 2. The van der Waals surface area contributed by atoms with Gasteiger partial charge in [0, 0.05) is 42.5 Å². The number of nitrogens with one attached hydrogen (secondary N) is 3. The second kappa shape index (κ2) is 8.81. The minimum atomic E-state index is -4.49. The highest BCUT2D eigenvalue weighted by atomic mass is 19.4. The molecule has 0 unspecified atom stereocenters. The summed E-state index contributed by atoms with van der Waals surface area (Å²) in [7, 11) is 1.54. The first kappa shape index (κ1) is 22.1. The highest BCUT2D eigenvalue weighted by Gasteiger charge is 2.30. The number of urea groups is 1. The average molecular weight is 455 g/mol. The summed E-state index contributed by atoms with van der Waals surface area (Å²) >= 11 is 0. The smallest absolute Gasteiger partial charge is 0.354 e. The van der Waals surface area contributed by atoms with Crippen LogP contribution in [0.5, 0.6) is 0 Å². The van der Waals surface area contributed by atoms with E-state index in [4.69, 9.17) is 0 Å². The van der Waals surface area contributed by atoms with E-state index < -0.39 is 17.8 Å². The molecule has 10 heteroatoms. The quantitative estimate of drug-likeness (QED) is 0.528. The summed E-state index contributed by atoms with van der Waals surface area (Å²) in [4.78, 5) is 30.3. The van der Waals surface area contributed by atoms with Crippen molar-refractivity contribution >= 4 is 34.7 Å². The molecule has 2 heterocycles. The van der Waals surface area contributed by atoms with E-state index in [0.717, 1.165) is 35.5 Å². The zero-order chi connectivity index (χ0) is 23.6. The molecule has 2 aromatic carbocycles. The van der Waals surface area contributed by atoms with Crippen LogP contribution < -0.4 is 20.9 Å². The fourth-order valence-electron chi connectivity index (χ4n) is 3.65. The Balaban J connectivity index is 1.46. The molecule has 4 rings (SSSR count). The van der Waals surface area contributed by atoms with Crippen LogP contribution in [0.2, 0.25) is 0 Å². The highest BCUT2D eigenvalue weighted by Crippen LogP contribution is 2.36. The number of rotatable bonds is 4. The van der Waals surface area contributed by atoms with Crippen molar-refractivity contribution in [2.75, 3.05) is 29.1 Å². The molecule has 1 aliphatic heterocycles. The van der Waals surface area contributed by atoms with E-state index in [1.165, 1.54) is 12.1 Å². The van der Waals surface area contributed by atoms with Crippen molar-refractivity contribution < 1.29 is 22.8 Å². The predicted molar refractivity (Wildman–Crippen MR) is 119 cm³/mol. The van der Waals surface area contributed by atoms with Gasteiger partial charge in [-0.25, -0.2) is 4.79 Å². The molecule has 3 N–H and O–H groups in total. The number of nitrogens with zero attached hydrogens (tertiary/aromatic N) is 2. The van der Waals surface area contributed by atoms with E-state index in [9.17, 15) is 22.8 Å². The number of aromatic nitrogens is 1. The monoisotopic (exact) mass is 455 g/mol. The first-order chi connectivity index (χ1) is 15.7. The number of hydrogen-bond acceptors (Lipinski definition) is 4. The summed E-state index contributed by atoms with van der Waals surface area (Å²) < 4.78 is 38.6. The first-order valence-corrected chi connectivity index (χ1v) is 10.1. The molecule has 0 spiro atoms. The van der Waals surface area contributed by atoms with Crippen LogP contribution in [-0.2, 0) is 12.6 Å². The third-order valence-electron chi connectivity index (χ3n) is 5.20. The molecule has 0 saturated carbocycles. The fraction of sp³-hybridized carbons (Fsp3) is 0.174. The Labute approximate surface area is 187 Å². The second-order valence-corrected chi connectivity index (χ2v) is 7.38. The van der Waals surface area contributed by atoms with Gasteiger partial charge in [0.2, 0.25) is 0 Å². The molecular formula is C23H20F3N5O2. The molecule has 0 bridgehead atoms. The normalized spacial score (nSPS) is 12.8. The van der Waals surface area contributed by atoms with Crippen molar-refractivity contribution in [3.8, 4) is 0 Å². The Hall–Kier alpha value is -4.08. The Morgan fingerprint density at radius 1 is 1.00 bits per heavy atom. The Kier molecular flexibility index (Phi) is 5.91. The Bertz CT molecular complexity index is 1210. The van der Waals surface area contributed by atoms with Crippen molar-refractivity contribution in [2.45, 2.75) is 12.6 Å². The lowest BCUT2D eigenvalue weighted by atomic mass is 10.1. The Morgan fingerprint density at radius 2 is 1.76 bits per heavy atom. The Morgan fingerprint density at radius 3 is 2.48 bits per heavy atom. The molecule has 3 amide bonds. The molecule has 0 saturated heterocycles. The van der Waals surface area contributed by atoms with Gasteiger partial charge in [-0.05, 0) is 60.5 Å². The fourth-order valence-corrected chi connectivity index (χ4v) is 3.65. The average Bonchev–Trinajstić information content (AvgIpc) is 3.21. The summed E-state index contributed by atoms with van der Waals surface area (Å²) in [6.45, 7) is 0.687. The van der Waals surface area contributed by atoms with E-state index in [2.05, 4.69) is 25.8 Å². The van der Waals surface area contributed by atoms with E-state index in [-0.39, 0.29) is 11.6 Å².